The van der Waals surface area contributed by atoms with Crippen LogP contribution in [0.1, 0.15) is 41.6 Å². The summed E-state index contributed by atoms with van der Waals surface area (Å²) in [6.45, 7) is 4.80. The van der Waals surface area contributed by atoms with Gasteiger partial charge in [-0.2, -0.15) is 0 Å². The first kappa shape index (κ1) is 18.7. The Balaban J connectivity index is 1.36. The monoisotopic (exact) mass is 395 g/mol. The molecule has 1 aliphatic heterocycles. The molecule has 3 aromatic rings. The molecule has 0 unspecified atom stereocenters. The van der Waals surface area contributed by atoms with Crippen molar-refractivity contribution in [3.63, 3.8) is 0 Å². The molecular formula is C20H21N5O4. The number of amides is 1. The van der Waals surface area contributed by atoms with Gasteiger partial charge in [-0.25, -0.2) is 4.68 Å². The van der Waals surface area contributed by atoms with E-state index in [4.69, 9.17) is 14.2 Å². The van der Waals surface area contributed by atoms with Gasteiger partial charge < -0.3 is 19.5 Å². The van der Waals surface area contributed by atoms with Crippen molar-refractivity contribution in [2.75, 3.05) is 6.79 Å². The molecule has 0 saturated heterocycles. The number of nitrogens with zero attached hydrogens (tertiary/aromatic N) is 4. The Morgan fingerprint density at radius 1 is 1.21 bits per heavy atom. The molecular weight excluding hydrogens is 374 g/mol. The average molecular weight is 395 g/mol. The summed E-state index contributed by atoms with van der Waals surface area (Å²) < 4.78 is 18.1. The number of fused-ring (bicyclic) bond motifs is 1. The molecule has 9 heteroatoms. The molecule has 1 aromatic heterocycles. The van der Waals surface area contributed by atoms with Gasteiger partial charge in [-0.1, -0.05) is 12.1 Å². The second-order valence-electron chi connectivity index (χ2n) is 6.82. The van der Waals surface area contributed by atoms with E-state index in [9.17, 15) is 4.79 Å². The number of carbonyl (C=O) groups excluding carboxylic acids is 1. The lowest BCUT2D eigenvalue weighted by atomic mass is 10.1. The minimum absolute atomic E-state index is 0.136. The molecule has 0 radical (unpaired) electrons. The first-order chi connectivity index (χ1) is 14.1. The number of nitrogens with one attached hydrogen (secondary N) is 1. The van der Waals surface area contributed by atoms with E-state index in [0.717, 1.165) is 5.56 Å². The molecule has 0 spiro atoms. The van der Waals surface area contributed by atoms with Gasteiger partial charge >= 0.3 is 0 Å². The average Bonchev–Trinajstić information content (AvgIpc) is 3.39. The van der Waals surface area contributed by atoms with Crippen LogP contribution in [0.15, 0.2) is 42.5 Å². The Hall–Kier alpha value is -3.62. The van der Waals surface area contributed by atoms with Crippen LogP contribution in [0.25, 0.3) is 0 Å². The molecule has 1 N–H and O–H groups in total. The standard InChI is InChI=1S/C20H21N5O4/c1-13(2)25-19(22-23-24-25)11-27-16-5-3-4-15(9-16)20(26)21-10-14-6-7-17-18(8-14)29-12-28-17/h3-9,13H,10-12H2,1-2H3,(H,21,26). The zero-order valence-corrected chi connectivity index (χ0v) is 16.2. The molecule has 2 aromatic carbocycles. The highest BCUT2D eigenvalue weighted by molar-refractivity contribution is 5.94. The molecule has 150 valence electrons. The highest BCUT2D eigenvalue weighted by Gasteiger charge is 2.14. The maximum Gasteiger partial charge on any atom is 0.251 e. The Labute approximate surface area is 167 Å². The van der Waals surface area contributed by atoms with Crippen molar-refractivity contribution in [2.45, 2.75) is 33.0 Å². The summed E-state index contributed by atoms with van der Waals surface area (Å²) in [5, 5.41) is 14.5. The minimum Gasteiger partial charge on any atom is -0.486 e. The molecule has 29 heavy (non-hydrogen) atoms. The summed E-state index contributed by atoms with van der Waals surface area (Å²) in [6.07, 6.45) is 0. The summed E-state index contributed by atoms with van der Waals surface area (Å²) in [5.41, 5.74) is 1.43. The van der Waals surface area contributed by atoms with Crippen molar-refractivity contribution in [3.05, 3.63) is 59.4 Å². The fraction of sp³-hybridized carbons (Fsp3) is 0.300. The Kier molecular flexibility index (Phi) is 5.28. The van der Waals surface area contributed by atoms with Crippen LogP contribution in [0.2, 0.25) is 0 Å². The smallest absolute Gasteiger partial charge is 0.251 e. The number of ether oxygens (including phenoxy) is 3. The molecule has 2 heterocycles. The van der Waals surface area contributed by atoms with Crippen LogP contribution < -0.4 is 19.5 Å². The second-order valence-corrected chi connectivity index (χ2v) is 6.82. The van der Waals surface area contributed by atoms with E-state index in [2.05, 4.69) is 20.8 Å². The first-order valence-electron chi connectivity index (χ1n) is 9.26. The summed E-state index contributed by atoms with van der Waals surface area (Å²) in [4.78, 5) is 12.5. The van der Waals surface area contributed by atoms with Gasteiger partial charge in [0.15, 0.2) is 17.3 Å². The van der Waals surface area contributed by atoms with Crippen molar-refractivity contribution in [1.82, 2.24) is 25.5 Å². The van der Waals surface area contributed by atoms with E-state index >= 15 is 0 Å². The van der Waals surface area contributed by atoms with E-state index in [-0.39, 0.29) is 25.3 Å². The molecule has 0 saturated carbocycles. The van der Waals surface area contributed by atoms with Crippen LogP contribution in [0.4, 0.5) is 0 Å². The predicted octanol–water partition coefficient (Wildman–Crippen LogP) is 2.49. The van der Waals surface area contributed by atoms with Crippen molar-refractivity contribution in [1.29, 1.82) is 0 Å². The van der Waals surface area contributed by atoms with E-state index in [1.807, 2.05) is 32.0 Å². The van der Waals surface area contributed by atoms with Gasteiger partial charge in [0.05, 0.1) is 6.04 Å². The Bertz CT molecular complexity index is 1020. The van der Waals surface area contributed by atoms with Gasteiger partial charge in [0.25, 0.3) is 5.91 Å². The number of carbonyl (C=O) groups is 1. The van der Waals surface area contributed by atoms with Gasteiger partial charge in [-0.15, -0.1) is 5.10 Å². The third-order valence-corrected chi connectivity index (χ3v) is 4.40. The van der Waals surface area contributed by atoms with Crippen LogP contribution in [0, 0.1) is 0 Å². The van der Waals surface area contributed by atoms with Crippen molar-refractivity contribution in [3.8, 4) is 17.2 Å². The molecule has 0 aliphatic carbocycles. The third-order valence-electron chi connectivity index (χ3n) is 4.40. The predicted molar refractivity (Wildman–Crippen MR) is 103 cm³/mol. The second kappa shape index (κ2) is 8.17. The lowest BCUT2D eigenvalue weighted by molar-refractivity contribution is 0.0950. The highest BCUT2D eigenvalue weighted by atomic mass is 16.7. The van der Waals surface area contributed by atoms with Gasteiger partial charge in [0, 0.05) is 12.1 Å². The van der Waals surface area contributed by atoms with Crippen LogP contribution in [0.3, 0.4) is 0 Å². The zero-order valence-electron chi connectivity index (χ0n) is 16.2. The molecule has 1 amide bonds. The number of hydrogen-bond acceptors (Lipinski definition) is 7. The summed E-state index contributed by atoms with van der Waals surface area (Å²) >= 11 is 0. The largest absolute Gasteiger partial charge is 0.486 e. The van der Waals surface area contributed by atoms with Gasteiger partial charge in [0.1, 0.15) is 12.4 Å². The van der Waals surface area contributed by atoms with E-state index in [0.29, 0.717) is 35.2 Å². The van der Waals surface area contributed by atoms with E-state index < -0.39 is 0 Å². The van der Waals surface area contributed by atoms with E-state index in [1.54, 1.807) is 28.9 Å². The van der Waals surface area contributed by atoms with Gasteiger partial charge in [-0.05, 0) is 60.2 Å². The maximum absolute atomic E-state index is 12.5. The number of aromatic nitrogens is 4. The first-order valence-corrected chi connectivity index (χ1v) is 9.26. The van der Waals surface area contributed by atoms with Crippen molar-refractivity contribution >= 4 is 5.91 Å². The summed E-state index contributed by atoms with van der Waals surface area (Å²) in [6, 6.07) is 12.7. The third kappa shape index (κ3) is 4.29. The fourth-order valence-corrected chi connectivity index (χ4v) is 2.92. The van der Waals surface area contributed by atoms with Crippen LogP contribution >= 0.6 is 0 Å². The Morgan fingerprint density at radius 2 is 2.07 bits per heavy atom. The summed E-state index contributed by atoms with van der Waals surface area (Å²) in [7, 11) is 0. The van der Waals surface area contributed by atoms with Gasteiger partial charge in [0.2, 0.25) is 6.79 Å². The van der Waals surface area contributed by atoms with Gasteiger partial charge in [-0.3, -0.25) is 4.79 Å². The van der Waals surface area contributed by atoms with Crippen LogP contribution in [0.5, 0.6) is 17.2 Å². The van der Waals surface area contributed by atoms with E-state index in [1.165, 1.54) is 0 Å². The maximum atomic E-state index is 12.5. The molecule has 1 aliphatic rings. The Morgan fingerprint density at radius 3 is 2.93 bits per heavy atom. The van der Waals surface area contributed by atoms with Crippen molar-refractivity contribution < 1.29 is 19.0 Å². The SMILES string of the molecule is CC(C)n1nnnc1COc1cccc(C(=O)NCc2ccc3c(c2)OCO3)c1. The molecule has 0 fully saturated rings. The quantitative estimate of drug-likeness (QED) is 0.656. The highest BCUT2D eigenvalue weighted by Crippen LogP contribution is 2.32. The number of benzene rings is 2. The minimum atomic E-state index is -0.194. The lowest BCUT2D eigenvalue weighted by Gasteiger charge is -2.10. The van der Waals surface area contributed by atoms with Crippen LogP contribution in [-0.2, 0) is 13.2 Å². The fourth-order valence-electron chi connectivity index (χ4n) is 2.92. The molecule has 9 nitrogen and oxygen atoms in total. The summed E-state index contributed by atoms with van der Waals surface area (Å²) in [5.74, 6) is 2.40. The van der Waals surface area contributed by atoms with Crippen LogP contribution in [-0.4, -0.2) is 32.9 Å². The number of tetrazole rings is 1. The molecule has 0 atom stereocenters. The number of hydrogen-bond donors (Lipinski definition) is 1. The molecule has 0 bridgehead atoms. The zero-order chi connectivity index (χ0) is 20.2. The normalized spacial score (nSPS) is 12.2. The topological polar surface area (TPSA) is 100 Å². The number of rotatable bonds is 7. The van der Waals surface area contributed by atoms with Crippen molar-refractivity contribution in [2.24, 2.45) is 0 Å². The lowest BCUT2D eigenvalue weighted by Crippen LogP contribution is -2.22. The molecule has 4 rings (SSSR count).